The molecule has 7 heteroatoms. The number of amides is 1. The van der Waals surface area contributed by atoms with Gasteiger partial charge in [0.05, 0.1) is 56.3 Å². The van der Waals surface area contributed by atoms with Crippen LogP contribution >= 0.6 is 0 Å². The number of para-hydroxylation sites is 3. The van der Waals surface area contributed by atoms with Crippen molar-refractivity contribution in [2.45, 2.75) is 13.8 Å². The van der Waals surface area contributed by atoms with Crippen molar-refractivity contribution in [3.8, 4) is 5.75 Å². The molecule has 2 aromatic rings. The van der Waals surface area contributed by atoms with Crippen molar-refractivity contribution in [1.29, 1.82) is 0 Å². The highest BCUT2D eigenvalue weighted by atomic mass is 16.5. The lowest BCUT2D eigenvalue weighted by Gasteiger charge is -2.34. The van der Waals surface area contributed by atoms with Crippen LogP contribution in [0.3, 0.4) is 0 Å². The summed E-state index contributed by atoms with van der Waals surface area (Å²) in [4.78, 5) is 28.2. The van der Waals surface area contributed by atoms with Gasteiger partial charge in [-0.2, -0.15) is 0 Å². The summed E-state index contributed by atoms with van der Waals surface area (Å²) >= 11 is 0. The van der Waals surface area contributed by atoms with Gasteiger partial charge in [-0.05, 0) is 38.1 Å². The number of piperazine rings is 1. The van der Waals surface area contributed by atoms with Gasteiger partial charge in [-0.3, -0.25) is 4.79 Å². The van der Waals surface area contributed by atoms with Gasteiger partial charge in [-0.15, -0.1) is 0 Å². The molecule has 0 radical (unpaired) electrons. The largest absolute Gasteiger partial charge is 0.492 e. The predicted octanol–water partition coefficient (Wildman–Crippen LogP) is 1.61. The lowest BCUT2D eigenvalue weighted by atomic mass is 10.1. The average molecular weight is 413 g/mol. The molecule has 0 bridgehead atoms. The Morgan fingerprint density at radius 3 is 2.43 bits per heavy atom. The zero-order valence-electron chi connectivity index (χ0n) is 17.6. The molecule has 3 rings (SSSR count). The molecule has 0 unspecified atom stereocenters. The van der Waals surface area contributed by atoms with Crippen LogP contribution in [0, 0.1) is 0 Å². The van der Waals surface area contributed by atoms with Gasteiger partial charge in [0.2, 0.25) is 0 Å². The van der Waals surface area contributed by atoms with Crippen LogP contribution in [-0.4, -0.2) is 57.8 Å². The van der Waals surface area contributed by atoms with Crippen molar-refractivity contribution < 1.29 is 24.0 Å². The van der Waals surface area contributed by atoms with Gasteiger partial charge in [0.25, 0.3) is 5.91 Å². The zero-order valence-corrected chi connectivity index (χ0v) is 17.6. The number of esters is 1. The molecule has 0 atom stereocenters. The molecule has 1 saturated heterocycles. The maximum Gasteiger partial charge on any atom is 0.340 e. The molecule has 0 saturated carbocycles. The minimum atomic E-state index is -0.428. The fraction of sp³-hybridized carbons (Fsp3) is 0.391. The van der Waals surface area contributed by atoms with Crippen LogP contribution in [0.2, 0.25) is 0 Å². The number of rotatable bonds is 8. The van der Waals surface area contributed by atoms with Crippen molar-refractivity contribution in [3.63, 3.8) is 0 Å². The van der Waals surface area contributed by atoms with Crippen LogP contribution in [0.15, 0.2) is 48.5 Å². The number of nitrogens with zero attached hydrogens (tertiary/aromatic N) is 1. The Labute approximate surface area is 177 Å². The Kier molecular flexibility index (Phi) is 7.68. The number of hydrogen-bond acceptors (Lipinski definition) is 5. The number of benzene rings is 2. The van der Waals surface area contributed by atoms with Gasteiger partial charge in [-0.1, -0.05) is 24.3 Å². The summed E-state index contributed by atoms with van der Waals surface area (Å²) in [5.74, 6) is 0.365. The van der Waals surface area contributed by atoms with E-state index in [9.17, 15) is 9.59 Å². The molecule has 1 heterocycles. The molecule has 2 aromatic carbocycles. The highest BCUT2D eigenvalue weighted by Crippen LogP contribution is 2.27. The third-order valence-electron chi connectivity index (χ3n) is 5.08. The van der Waals surface area contributed by atoms with E-state index in [1.807, 2.05) is 25.1 Å². The van der Waals surface area contributed by atoms with E-state index in [1.165, 1.54) is 4.90 Å². The first-order chi connectivity index (χ1) is 14.6. The van der Waals surface area contributed by atoms with E-state index >= 15 is 0 Å². The highest BCUT2D eigenvalue weighted by Gasteiger charge is 2.24. The van der Waals surface area contributed by atoms with Gasteiger partial charge in [-0.25, -0.2) is 4.79 Å². The third-order valence-corrected chi connectivity index (χ3v) is 5.08. The molecule has 1 amide bonds. The van der Waals surface area contributed by atoms with Crippen molar-refractivity contribution in [3.05, 3.63) is 54.1 Å². The van der Waals surface area contributed by atoms with Gasteiger partial charge in [0, 0.05) is 0 Å². The highest BCUT2D eigenvalue weighted by molar-refractivity contribution is 6.01. The van der Waals surface area contributed by atoms with Crippen molar-refractivity contribution in [2.24, 2.45) is 0 Å². The normalized spacial score (nSPS) is 14.3. The fourth-order valence-electron chi connectivity index (χ4n) is 3.64. The number of anilines is 2. The summed E-state index contributed by atoms with van der Waals surface area (Å²) < 4.78 is 10.8. The smallest absolute Gasteiger partial charge is 0.340 e. The Morgan fingerprint density at radius 1 is 1.00 bits per heavy atom. The summed E-state index contributed by atoms with van der Waals surface area (Å²) in [5.41, 5.74) is 1.97. The SMILES string of the molecule is CCOC(=O)c1ccccc1NC(=O)C[NH+]1CCN(c2ccccc2OCC)CC1. The van der Waals surface area contributed by atoms with E-state index < -0.39 is 5.97 Å². The van der Waals surface area contributed by atoms with Crippen LogP contribution in [0.25, 0.3) is 0 Å². The monoisotopic (exact) mass is 412 g/mol. The molecule has 0 aromatic heterocycles. The molecule has 0 aliphatic carbocycles. The second kappa shape index (κ2) is 10.6. The third kappa shape index (κ3) is 5.51. The fourth-order valence-corrected chi connectivity index (χ4v) is 3.64. The first-order valence-corrected chi connectivity index (χ1v) is 10.5. The lowest BCUT2D eigenvalue weighted by Crippen LogP contribution is -3.15. The standard InChI is InChI=1S/C23H29N3O4/c1-3-29-21-12-8-7-11-20(21)26-15-13-25(14-16-26)17-22(27)24-19-10-6-5-9-18(19)23(28)30-4-2/h5-12H,3-4,13-17H2,1-2H3,(H,24,27)/p+1. The van der Waals surface area contributed by atoms with E-state index in [0.29, 0.717) is 31.0 Å². The van der Waals surface area contributed by atoms with E-state index in [0.717, 1.165) is 37.6 Å². The maximum absolute atomic E-state index is 12.6. The number of carbonyl (C=O) groups excluding carboxylic acids is 2. The topological polar surface area (TPSA) is 72.3 Å². The molecule has 160 valence electrons. The van der Waals surface area contributed by atoms with E-state index in [4.69, 9.17) is 9.47 Å². The molecule has 1 fully saturated rings. The average Bonchev–Trinajstić information content (AvgIpc) is 2.75. The minimum absolute atomic E-state index is 0.107. The number of quaternary nitrogens is 1. The summed E-state index contributed by atoms with van der Waals surface area (Å²) in [7, 11) is 0. The minimum Gasteiger partial charge on any atom is -0.492 e. The molecule has 30 heavy (non-hydrogen) atoms. The molecule has 1 aliphatic heterocycles. The van der Waals surface area contributed by atoms with E-state index in [2.05, 4.69) is 16.3 Å². The van der Waals surface area contributed by atoms with Crippen molar-refractivity contribution >= 4 is 23.3 Å². The second-order valence-electron chi connectivity index (χ2n) is 7.13. The number of hydrogen-bond donors (Lipinski definition) is 2. The summed E-state index contributed by atoms with van der Waals surface area (Å²) in [6, 6.07) is 15.0. The van der Waals surface area contributed by atoms with Crippen LogP contribution < -0.4 is 19.9 Å². The molecule has 1 aliphatic rings. The van der Waals surface area contributed by atoms with E-state index in [-0.39, 0.29) is 5.91 Å². The van der Waals surface area contributed by atoms with Gasteiger partial charge < -0.3 is 24.6 Å². The molecular formula is C23H30N3O4+. The van der Waals surface area contributed by atoms with Gasteiger partial charge in [0.1, 0.15) is 5.75 Å². The molecular weight excluding hydrogens is 382 g/mol. The van der Waals surface area contributed by atoms with Crippen LogP contribution in [-0.2, 0) is 9.53 Å². The maximum atomic E-state index is 12.6. The number of carbonyl (C=O) groups is 2. The van der Waals surface area contributed by atoms with Crippen LogP contribution in [0.5, 0.6) is 5.75 Å². The van der Waals surface area contributed by atoms with Crippen molar-refractivity contribution in [2.75, 3.05) is 56.2 Å². The predicted molar refractivity (Wildman–Crippen MR) is 116 cm³/mol. The Balaban J connectivity index is 1.55. The van der Waals surface area contributed by atoms with Crippen LogP contribution in [0.1, 0.15) is 24.2 Å². The zero-order chi connectivity index (χ0) is 21.3. The van der Waals surface area contributed by atoms with Gasteiger partial charge in [0.15, 0.2) is 6.54 Å². The Bertz CT molecular complexity index is 863. The lowest BCUT2D eigenvalue weighted by molar-refractivity contribution is -0.892. The Morgan fingerprint density at radius 2 is 1.70 bits per heavy atom. The first kappa shape index (κ1) is 21.6. The van der Waals surface area contributed by atoms with Crippen molar-refractivity contribution in [1.82, 2.24) is 0 Å². The summed E-state index contributed by atoms with van der Waals surface area (Å²) in [6.07, 6.45) is 0. The molecule has 7 nitrogen and oxygen atoms in total. The molecule has 2 N–H and O–H groups in total. The quantitative estimate of drug-likeness (QED) is 0.645. The summed E-state index contributed by atoms with van der Waals surface area (Å²) in [5, 5.41) is 2.87. The summed E-state index contributed by atoms with van der Waals surface area (Å²) in [6.45, 7) is 8.45. The van der Waals surface area contributed by atoms with E-state index in [1.54, 1.807) is 31.2 Å². The molecule has 0 spiro atoms. The first-order valence-electron chi connectivity index (χ1n) is 10.5. The number of nitrogens with one attached hydrogen (secondary N) is 2. The Hall–Kier alpha value is -3.06. The van der Waals surface area contributed by atoms with Crippen LogP contribution in [0.4, 0.5) is 11.4 Å². The second-order valence-corrected chi connectivity index (χ2v) is 7.13. The number of ether oxygens (including phenoxy) is 2. The van der Waals surface area contributed by atoms with Gasteiger partial charge >= 0.3 is 5.97 Å².